The lowest BCUT2D eigenvalue weighted by Crippen LogP contribution is -2.26. The second-order valence-electron chi connectivity index (χ2n) is 8.38. The van der Waals surface area contributed by atoms with Crippen LogP contribution in [0.4, 0.5) is 0 Å². The second kappa shape index (κ2) is 11.5. The number of pyridine rings is 1. The first kappa shape index (κ1) is 24.9. The monoisotopic (exact) mass is 519 g/mol. The summed E-state index contributed by atoms with van der Waals surface area (Å²) < 4.78 is 5.38. The Morgan fingerprint density at radius 3 is 2.05 bits per heavy atom. The van der Waals surface area contributed by atoms with Crippen LogP contribution < -0.4 is 5.43 Å². The molecule has 0 aliphatic carbocycles. The Morgan fingerprint density at radius 2 is 1.39 bits per heavy atom. The highest BCUT2D eigenvalue weighted by molar-refractivity contribution is 6.30. The lowest BCUT2D eigenvalue weighted by atomic mass is 10.0. The number of para-hydroxylation sites is 1. The van der Waals surface area contributed by atoms with Gasteiger partial charge in [-0.05, 0) is 24.3 Å². The number of amides is 1. The molecule has 5 rings (SSSR count). The molecular formula is C31H22ClN3O3. The molecule has 0 aliphatic heterocycles. The van der Waals surface area contributed by atoms with Gasteiger partial charge in [0.1, 0.15) is 0 Å². The molecule has 5 aromatic rings. The molecule has 0 aliphatic rings. The molecule has 1 N–H and O–H groups in total. The fourth-order valence-electron chi connectivity index (χ4n) is 3.96. The average molecular weight is 520 g/mol. The first-order valence-corrected chi connectivity index (χ1v) is 12.3. The molecule has 186 valence electrons. The number of halogens is 1. The second-order valence-corrected chi connectivity index (χ2v) is 8.82. The van der Waals surface area contributed by atoms with Crippen LogP contribution in [0.2, 0.25) is 5.02 Å². The van der Waals surface area contributed by atoms with Crippen LogP contribution in [0.3, 0.4) is 0 Å². The minimum absolute atomic E-state index is 0.311. The van der Waals surface area contributed by atoms with Gasteiger partial charge in [0.05, 0.1) is 22.5 Å². The van der Waals surface area contributed by atoms with E-state index in [9.17, 15) is 9.59 Å². The Morgan fingerprint density at radius 1 is 0.789 bits per heavy atom. The van der Waals surface area contributed by atoms with E-state index in [1.165, 1.54) is 0 Å². The van der Waals surface area contributed by atoms with Gasteiger partial charge in [-0.25, -0.2) is 15.2 Å². The maximum atomic E-state index is 13.1. The average Bonchev–Trinajstić information content (AvgIpc) is 2.97. The summed E-state index contributed by atoms with van der Waals surface area (Å²) in [6.45, 7) is -0.494. The molecule has 0 unspecified atom stereocenters. The van der Waals surface area contributed by atoms with Crippen LogP contribution in [0, 0.1) is 0 Å². The molecule has 1 heterocycles. The Hall–Kier alpha value is -4.81. The lowest BCUT2D eigenvalue weighted by Gasteiger charge is -2.11. The van der Waals surface area contributed by atoms with Gasteiger partial charge in [-0.1, -0.05) is 103 Å². The predicted octanol–water partition coefficient (Wildman–Crippen LogP) is 6.28. The van der Waals surface area contributed by atoms with Crippen LogP contribution >= 0.6 is 11.6 Å². The zero-order chi connectivity index (χ0) is 26.3. The standard InChI is InChI=1S/C31H22ClN3O3/c32-24-17-15-21(16-18-24)28-19-26(25-13-7-8-14-27(25)33-28)31(37)38-20-29(36)34-35-30(22-9-3-1-4-10-22)23-11-5-2-6-12-23/h1-19H,20H2,(H,34,36). The quantitative estimate of drug-likeness (QED) is 0.156. The predicted molar refractivity (Wildman–Crippen MR) is 149 cm³/mol. The number of nitrogens with one attached hydrogen (secondary N) is 1. The third-order valence-corrected chi connectivity index (χ3v) is 6.05. The minimum atomic E-state index is -0.635. The van der Waals surface area contributed by atoms with Crippen molar-refractivity contribution in [1.82, 2.24) is 10.4 Å². The number of rotatable bonds is 7. The largest absolute Gasteiger partial charge is 0.452 e. The van der Waals surface area contributed by atoms with E-state index in [-0.39, 0.29) is 0 Å². The summed E-state index contributed by atoms with van der Waals surface area (Å²) in [4.78, 5) is 30.4. The van der Waals surface area contributed by atoms with Crippen molar-refractivity contribution >= 4 is 40.1 Å². The molecule has 0 spiro atoms. The number of esters is 1. The van der Waals surface area contributed by atoms with Crippen molar-refractivity contribution in [3.63, 3.8) is 0 Å². The number of aromatic nitrogens is 1. The van der Waals surface area contributed by atoms with Crippen molar-refractivity contribution in [2.45, 2.75) is 0 Å². The van der Waals surface area contributed by atoms with E-state index < -0.39 is 18.5 Å². The fraction of sp³-hybridized carbons (Fsp3) is 0.0323. The maximum absolute atomic E-state index is 13.1. The summed E-state index contributed by atoms with van der Waals surface area (Å²) in [5.41, 5.74) is 7.13. The number of carbonyl (C=O) groups is 2. The van der Waals surface area contributed by atoms with Crippen LogP contribution in [0.5, 0.6) is 0 Å². The molecule has 6 nitrogen and oxygen atoms in total. The van der Waals surface area contributed by atoms with E-state index in [1.807, 2.05) is 91.0 Å². The van der Waals surface area contributed by atoms with E-state index in [0.29, 0.717) is 32.9 Å². The fourth-order valence-corrected chi connectivity index (χ4v) is 4.09. The van der Waals surface area contributed by atoms with Gasteiger partial charge in [0.15, 0.2) is 6.61 Å². The Bertz CT molecular complexity index is 1580. The molecule has 0 saturated carbocycles. The van der Waals surface area contributed by atoms with Crippen LogP contribution in [-0.2, 0) is 9.53 Å². The van der Waals surface area contributed by atoms with Crippen LogP contribution in [0.1, 0.15) is 21.5 Å². The van der Waals surface area contributed by atoms with Crippen LogP contribution in [0.25, 0.3) is 22.2 Å². The molecule has 0 atom stereocenters. The van der Waals surface area contributed by atoms with Crippen LogP contribution in [0.15, 0.2) is 120 Å². The Balaban J connectivity index is 1.34. The van der Waals surface area contributed by atoms with Crippen molar-refractivity contribution in [1.29, 1.82) is 0 Å². The Labute approximate surface area is 224 Å². The summed E-state index contributed by atoms with van der Waals surface area (Å²) in [6.07, 6.45) is 0. The number of ether oxygens (including phenoxy) is 1. The molecule has 38 heavy (non-hydrogen) atoms. The van der Waals surface area contributed by atoms with E-state index in [0.717, 1.165) is 16.7 Å². The molecule has 7 heteroatoms. The number of hydrazone groups is 1. The van der Waals surface area contributed by atoms with Gasteiger partial charge in [-0.2, -0.15) is 5.10 Å². The van der Waals surface area contributed by atoms with Crippen molar-refractivity contribution < 1.29 is 14.3 Å². The highest BCUT2D eigenvalue weighted by atomic mass is 35.5. The molecule has 1 amide bonds. The molecular weight excluding hydrogens is 498 g/mol. The number of hydrogen-bond acceptors (Lipinski definition) is 5. The van der Waals surface area contributed by atoms with Gasteiger partial charge in [0.25, 0.3) is 5.91 Å². The maximum Gasteiger partial charge on any atom is 0.339 e. The zero-order valence-electron chi connectivity index (χ0n) is 20.2. The van der Waals surface area contributed by atoms with Crippen molar-refractivity contribution in [2.75, 3.05) is 6.61 Å². The van der Waals surface area contributed by atoms with E-state index >= 15 is 0 Å². The van der Waals surface area contributed by atoms with Gasteiger partial charge in [0.2, 0.25) is 0 Å². The zero-order valence-corrected chi connectivity index (χ0v) is 20.9. The number of fused-ring (bicyclic) bond motifs is 1. The molecule has 1 aromatic heterocycles. The number of carbonyl (C=O) groups excluding carboxylic acids is 2. The highest BCUT2D eigenvalue weighted by Crippen LogP contribution is 2.26. The van der Waals surface area contributed by atoms with Gasteiger partial charge in [-0.3, -0.25) is 4.79 Å². The Kier molecular flexibility index (Phi) is 7.52. The van der Waals surface area contributed by atoms with Gasteiger partial charge in [-0.15, -0.1) is 0 Å². The van der Waals surface area contributed by atoms with E-state index in [4.69, 9.17) is 16.3 Å². The minimum Gasteiger partial charge on any atom is -0.452 e. The third kappa shape index (κ3) is 5.77. The summed E-state index contributed by atoms with van der Waals surface area (Å²) in [5.74, 6) is -1.19. The lowest BCUT2D eigenvalue weighted by molar-refractivity contribution is -0.124. The molecule has 0 saturated heterocycles. The summed E-state index contributed by atoms with van der Waals surface area (Å²) in [5, 5.41) is 5.56. The first-order valence-electron chi connectivity index (χ1n) is 11.9. The third-order valence-electron chi connectivity index (χ3n) is 5.80. The summed E-state index contributed by atoms with van der Waals surface area (Å²) >= 11 is 6.02. The van der Waals surface area contributed by atoms with Crippen molar-refractivity contribution in [3.8, 4) is 11.3 Å². The highest BCUT2D eigenvalue weighted by Gasteiger charge is 2.17. The molecule has 0 radical (unpaired) electrons. The molecule has 4 aromatic carbocycles. The normalized spacial score (nSPS) is 10.6. The summed E-state index contributed by atoms with van der Waals surface area (Å²) in [7, 11) is 0. The van der Waals surface area contributed by atoms with Gasteiger partial charge in [0, 0.05) is 27.1 Å². The SMILES string of the molecule is O=C(COC(=O)c1cc(-c2ccc(Cl)cc2)nc2ccccc12)NN=C(c1ccccc1)c1ccccc1. The van der Waals surface area contributed by atoms with E-state index in [2.05, 4.69) is 15.5 Å². The van der Waals surface area contributed by atoms with Gasteiger partial charge < -0.3 is 4.74 Å². The molecule has 0 fully saturated rings. The number of hydrogen-bond donors (Lipinski definition) is 1. The first-order chi connectivity index (χ1) is 18.6. The van der Waals surface area contributed by atoms with E-state index in [1.54, 1.807) is 24.3 Å². The smallest absolute Gasteiger partial charge is 0.339 e. The summed E-state index contributed by atoms with van der Waals surface area (Å²) in [6, 6.07) is 35.2. The topological polar surface area (TPSA) is 80.7 Å². The number of benzene rings is 4. The van der Waals surface area contributed by atoms with Crippen LogP contribution in [-0.4, -0.2) is 29.2 Å². The number of nitrogens with zero attached hydrogens (tertiary/aromatic N) is 2. The molecule has 0 bridgehead atoms. The van der Waals surface area contributed by atoms with Crippen molar-refractivity contribution in [3.05, 3.63) is 137 Å². The van der Waals surface area contributed by atoms with Gasteiger partial charge >= 0.3 is 5.97 Å². The van der Waals surface area contributed by atoms with Crippen molar-refractivity contribution in [2.24, 2.45) is 5.10 Å².